The summed E-state index contributed by atoms with van der Waals surface area (Å²) >= 11 is 0. The van der Waals surface area contributed by atoms with Gasteiger partial charge in [-0.05, 0) is 61.6 Å². The first kappa shape index (κ1) is 17.0. The smallest absolute Gasteiger partial charge is 0.347 e. The molecule has 1 N–H and O–H groups in total. The van der Waals surface area contributed by atoms with Gasteiger partial charge in [-0.1, -0.05) is 24.3 Å². The highest BCUT2D eigenvalue weighted by Crippen LogP contribution is 2.24. The van der Waals surface area contributed by atoms with E-state index in [2.05, 4.69) is 5.32 Å². The second-order valence-electron chi connectivity index (χ2n) is 6.07. The van der Waals surface area contributed by atoms with E-state index in [1.807, 2.05) is 36.4 Å². The standard InChI is InChI=1S/C20H21NO4/c1-14(25-18-8-3-2-4-9-18)20(23)24-13-19(22)21-17-11-10-15-6-5-7-16(15)12-17/h2-4,8-12,14H,5-7,13H2,1H3,(H,21,22)/t14-/m0/s1. The number of para-hydroxylation sites is 1. The molecule has 0 saturated heterocycles. The molecule has 3 rings (SSSR count). The van der Waals surface area contributed by atoms with E-state index in [-0.39, 0.29) is 12.5 Å². The van der Waals surface area contributed by atoms with Crippen LogP contribution in [-0.2, 0) is 27.2 Å². The SMILES string of the molecule is C[C@H](Oc1ccccc1)C(=O)OCC(=O)Nc1ccc2c(c1)CCC2. The summed E-state index contributed by atoms with van der Waals surface area (Å²) < 4.78 is 10.5. The summed E-state index contributed by atoms with van der Waals surface area (Å²) in [4.78, 5) is 23.9. The van der Waals surface area contributed by atoms with Crippen LogP contribution in [0.1, 0.15) is 24.5 Å². The topological polar surface area (TPSA) is 64.6 Å². The predicted molar refractivity (Wildman–Crippen MR) is 94.6 cm³/mol. The van der Waals surface area contributed by atoms with Crippen molar-refractivity contribution in [1.82, 2.24) is 0 Å². The summed E-state index contributed by atoms with van der Waals surface area (Å²) in [6.45, 7) is 1.26. The Morgan fingerprint density at radius 1 is 1.08 bits per heavy atom. The van der Waals surface area contributed by atoms with Gasteiger partial charge in [0.15, 0.2) is 12.7 Å². The number of carbonyl (C=O) groups excluding carboxylic acids is 2. The van der Waals surface area contributed by atoms with Crippen molar-refractivity contribution in [3.8, 4) is 5.75 Å². The minimum atomic E-state index is -0.782. The highest BCUT2D eigenvalue weighted by Gasteiger charge is 2.18. The van der Waals surface area contributed by atoms with Crippen LogP contribution in [0.5, 0.6) is 5.75 Å². The lowest BCUT2D eigenvalue weighted by Gasteiger charge is -2.14. The lowest BCUT2D eigenvalue weighted by molar-refractivity contribution is -0.153. The van der Waals surface area contributed by atoms with Crippen LogP contribution in [0.3, 0.4) is 0 Å². The average molecular weight is 339 g/mol. The lowest BCUT2D eigenvalue weighted by Crippen LogP contribution is -2.29. The molecule has 0 saturated carbocycles. The maximum Gasteiger partial charge on any atom is 0.347 e. The Kier molecular flexibility index (Phi) is 5.33. The molecule has 130 valence electrons. The maximum atomic E-state index is 12.0. The van der Waals surface area contributed by atoms with E-state index in [9.17, 15) is 9.59 Å². The number of ether oxygens (including phenoxy) is 2. The number of carbonyl (C=O) groups is 2. The third-order valence-electron chi connectivity index (χ3n) is 4.12. The molecule has 2 aromatic carbocycles. The summed E-state index contributed by atoms with van der Waals surface area (Å²) in [6.07, 6.45) is 2.52. The zero-order chi connectivity index (χ0) is 17.6. The molecule has 5 heteroatoms. The van der Waals surface area contributed by atoms with Crippen LogP contribution >= 0.6 is 0 Å². The van der Waals surface area contributed by atoms with Crippen molar-refractivity contribution in [2.75, 3.05) is 11.9 Å². The Morgan fingerprint density at radius 2 is 1.84 bits per heavy atom. The van der Waals surface area contributed by atoms with Crippen LogP contribution in [0, 0.1) is 0 Å². The first-order valence-electron chi connectivity index (χ1n) is 8.42. The van der Waals surface area contributed by atoms with Gasteiger partial charge in [0.2, 0.25) is 0 Å². The summed E-state index contributed by atoms with van der Waals surface area (Å²) in [7, 11) is 0. The molecular weight excluding hydrogens is 318 g/mol. The number of nitrogens with one attached hydrogen (secondary N) is 1. The molecule has 1 amide bonds. The second kappa shape index (κ2) is 7.83. The van der Waals surface area contributed by atoms with E-state index >= 15 is 0 Å². The van der Waals surface area contributed by atoms with Crippen molar-refractivity contribution in [2.24, 2.45) is 0 Å². The number of esters is 1. The molecule has 0 aromatic heterocycles. The number of fused-ring (bicyclic) bond motifs is 1. The van der Waals surface area contributed by atoms with Gasteiger partial charge in [0, 0.05) is 5.69 Å². The number of anilines is 1. The molecule has 0 aliphatic heterocycles. The number of rotatable bonds is 6. The zero-order valence-electron chi connectivity index (χ0n) is 14.2. The fourth-order valence-corrected chi connectivity index (χ4v) is 2.85. The molecule has 1 aliphatic carbocycles. The summed E-state index contributed by atoms with van der Waals surface area (Å²) in [5, 5.41) is 2.76. The molecule has 25 heavy (non-hydrogen) atoms. The van der Waals surface area contributed by atoms with Crippen LogP contribution in [0.15, 0.2) is 48.5 Å². The van der Waals surface area contributed by atoms with Crippen molar-refractivity contribution in [1.29, 1.82) is 0 Å². The summed E-state index contributed by atoms with van der Waals surface area (Å²) in [5.41, 5.74) is 3.35. The molecule has 0 bridgehead atoms. The lowest BCUT2D eigenvalue weighted by atomic mass is 10.1. The fraction of sp³-hybridized carbons (Fsp3) is 0.300. The van der Waals surface area contributed by atoms with E-state index in [0.717, 1.165) is 24.9 Å². The molecule has 5 nitrogen and oxygen atoms in total. The zero-order valence-corrected chi connectivity index (χ0v) is 14.2. The Hall–Kier alpha value is -2.82. The molecular formula is C20H21NO4. The van der Waals surface area contributed by atoms with Gasteiger partial charge in [0.05, 0.1) is 0 Å². The van der Waals surface area contributed by atoms with Gasteiger partial charge < -0.3 is 14.8 Å². The van der Waals surface area contributed by atoms with Gasteiger partial charge in [-0.25, -0.2) is 4.79 Å². The highest BCUT2D eigenvalue weighted by molar-refractivity contribution is 5.93. The largest absolute Gasteiger partial charge is 0.479 e. The molecule has 0 unspecified atom stereocenters. The van der Waals surface area contributed by atoms with Crippen molar-refractivity contribution in [3.05, 3.63) is 59.7 Å². The van der Waals surface area contributed by atoms with Gasteiger partial charge in [-0.15, -0.1) is 0 Å². The Balaban J connectivity index is 1.46. The molecule has 0 radical (unpaired) electrons. The van der Waals surface area contributed by atoms with E-state index in [1.54, 1.807) is 19.1 Å². The predicted octanol–water partition coefficient (Wildman–Crippen LogP) is 3.12. The van der Waals surface area contributed by atoms with Gasteiger partial charge in [0.25, 0.3) is 5.91 Å². The molecule has 0 spiro atoms. The van der Waals surface area contributed by atoms with Crippen molar-refractivity contribution >= 4 is 17.6 Å². The van der Waals surface area contributed by atoms with Gasteiger partial charge in [-0.3, -0.25) is 4.79 Å². The van der Waals surface area contributed by atoms with Crippen LogP contribution < -0.4 is 10.1 Å². The quantitative estimate of drug-likeness (QED) is 0.821. The first-order valence-corrected chi connectivity index (χ1v) is 8.42. The first-order chi connectivity index (χ1) is 12.1. The minimum absolute atomic E-state index is 0.335. The highest BCUT2D eigenvalue weighted by atomic mass is 16.6. The summed E-state index contributed by atoms with van der Waals surface area (Å²) in [5.74, 6) is -0.360. The molecule has 0 fully saturated rings. The molecule has 2 aromatic rings. The monoisotopic (exact) mass is 339 g/mol. The second-order valence-corrected chi connectivity index (χ2v) is 6.07. The average Bonchev–Trinajstić information content (AvgIpc) is 3.08. The van der Waals surface area contributed by atoms with E-state index in [4.69, 9.17) is 9.47 Å². The van der Waals surface area contributed by atoms with E-state index in [1.165, 1.54) is 11.1 Å². The van der Waals surface area contributed by atoms with Gasteiger partial charge in [-0.2, -0.15) is 0 Å². The number of amides is 1. The van der Waals surface area contributed by atoms with Gasteiger partial charge >= 0.3 is 5.97 Å². The van der Waals surface area contributed by atoms with Crippen LogP contribution in [0.4, 0.5) is 5.69 Å². The van der Waals surface area contributed by atoms with Crippen molar-refractivity contribution in [3.63, 3.8) is 0 Å². The molecule has 0 heterocycles. The number of benzene rings is 2. The fourth-order valence-electron chi connectivity index (χ4n) is 2.85. The third-order valence-corrected chi connectivity index (χ3v) is 4.12. The van der Waals surface area contributed by atoms with E-state index < -0.39 is 12.1 Å². The Bertz CT molecular complexity index is 758. The van der Waals surface area contributed by atoms with Crippen molar-refractivity contribution < 1.29 is 19.1 Å². The minimum Gasteiger partial charge on any atom is -0.479 e. The van der Waals surface area contributed by atoms with E-state index in [0.29, 0.717) is 5.75 Å². The van der Waals surface area contributed by atoms with Crippen molar-refractivity contribution in [2.45, 2.75) is 32.3 Å². The molecule has 1 atom stereocenters. The third kappa shape index (κ3) is 4.59. The number of hydrogen-bond donors (Lipinski definition) is 1. The Labute approximate surface area is 147 Å². The Morgan fingerprint density at radius 3 is 2.64 bits per heavy atom. The molecule has 1 aliphatic rings. The van der Waals surface area contributed by atoms with Gasteiger partial charge in [0.1, 0.15) is 5.75 Å². The number of hydrogen-bond acceptors (Lipinski definition) is 4. The number of aryl methyl sites for hydroxylation is 2. The van der Waals surface area contributed by atoms with Crippen LogP contribution in [-0.4, -0.2) is 24.6 Å². The van der Waals surface area contributed by atoms with Crippen LogP contribution in [0.2, 0.25) is 0 Å². The maximum absolute atomic E-state index is 12.0. The normalized spacial score (nSPS) is 13.6. The van der Waals surface area contributed by atoms with Crippen LogP contribution in [0.25, 0.3) is 0 Å². The summed E-state index contributed by atoms with van der Waals surface area (Å²) in [6, 6.07) is 14.9.